The van der Waals surface area contributed by atoms with E-state index in [9.17, 15) is 9.59 Å². The predicted molar refractivity (Wildman–Crippen MR) is 109 cm³/mol. The summed E-state index contributed by atoms with van der Waals surface area (Å²) >= 11 is 0. The number of benzene rings is 2. The van der Waals surface area contributed by atoms with Crippen molar-refractivity contribution >= 4 is 23.1 Å². The van der Waals surface area contributed by atoms with Gasteiger partial charge in [0.15, 0.2) is 0 Å². The molecule has 0 radical (unpaired) electrons. The largest absolute Gasteiger partial charge is 0.493 e. The number of hydrogen-bond donors (Lipinski definition) is 1. The smallest absolute Gasteiger partial charge is 0.336 e. The summed E-state index contributed by atoms with van der Waals surface area (Å²) < 4.78 is 10.8. The maximum Gasteiger partial charge on any atom is 0.336 e. The molecule has 0 unspecified atom stereocenters. The monoisotopic (exact) mass is 378 g/mol. The summed E-state index contributed by atoms with van der Waals surface area (Å²) in [6.45, 7) is 4.25. The van der Waals surface area contributed by atoms with E-state index in [4.69, 9.17) is 9.15 Å². The van der Waals surface area contributed by atoms with Crippen molar-refractivity contribution in [3.05, 3.63) is 75.6 Å². The Morgan fingerprint density at radius 1 is 1.14 bits per heavy atom. The van der Waals surface area contributed by atoms with Crippen LogP contribution < -0.4 is 15.8 Å². The topological polar surface area (TPSA) is 80.9 Å². The molecule has 0 fully saturated rings. The zero-order valence-electron chi connectivity index (χ0n) is 15.9. The van der Waals surface area contributed by atoms with Crippen LogP contribution in [0.2, 0.25) is 0 Å². The van der Waals surface area contributed by atoms with Crippen molar-refractivity contribution in [3.8, 4) is 5.75 Å². The summed E-state index contributed by atoms with van der Waals surface area (Å²) in [4.78, 5) is 23.3. The van der Waals surface area contributed by atoms with Crippen molar-refractivity contribution in [1.82, 2.24) is 5.43 Å². The molecule has 0 bridgehead atoms. The van der Waals surface area contributed by atoms with E-state index in [2.05, 4.69) is 10.5 Å². The van der Waals surface area contributed by atoms with E-state index < -0.39 is 0 Å². The highest BCUT2D eigenvalue weighted by atomic mass is 16.5. The number of ether oxygens (including phenoxy) is 1. The number of fused-ring (bicyclic) bond motifs is 1. The van der Waals surface area contributed by atoms with Gasteiger partial charge in [0.05, 0.1) is 12.8 Å². The summed E-state index contributed by atoms with van der Waals surface area (Å²) in [5.74, 6) is 0.422. The minimum atomic E-state index is -0.384. The molecule has 28 heavy (non-hydrogen) atoms. The van der Waals surface area contributed by atoms with Crippen LogP contribution in [0.3, 0.4) is 0 Å². The number of carbonyl (C=O) groups is 1. The Balaban J connectivity index is 1.44. The number of aryl methyl sites for hydroxylation is 2. The standard InChI is InChI=1S/C22H22N2O4/c1-15-5-7-17(8-6-15)14-23-24-21(25)4-3-11-27-18-9-10-19-16(2)12-22(26)28-20(19)13-18/h5-10,12-14H,3-4,11H2,1-2H3,(H,24,25). The molecule has 3 aromatic rings. The van der Waals surface area contributed by atoms with E-state index in [1.54, 1.807) is 12.3 Å². The lowest BCUT2D eigenvalue weighted by Crippen LogP contribution is -2.18. The first-order valence-corrected chi connectivity index (χ1v) is 9.07. The second-order valence-corrected chi connectivity index (χ2v) is 6.56. The molecule has 144 valence electrons. The van der Waals surface area contributed by atoms with E-state index in [0.29, 0.717) is 30.8 Å². The SMILES string of the molecule is Cc1ccc(C=NNC(=O)CCCOc2ccc3c(C)cc(=O)oc3c2)cc1. The van der Waals surface area contributed by atoms with Crippen molar-refractivity contribution in [1.29, 1.82) is 0 Å². The molecular formula is C22H22N2O4. The van der Waals surface area contributed by atoms with Crippen molar-refractivity contribution in [2.45, 2.75) is 26.7 Å². The predicted octanol–water partition coefficient (Wildman–Crippen LogP) is 3.72. The Hall–Kier alpha value is -3.41. The summed E-state index contributed by atoms with van der Waals surface area (Å²) in [7, 11) is 0. The average molecular weight is 378 g/mol. The van der Waals surface area contributed by atoms with Crippen LogP contribution in [0.4, 0.5) is 0 Å². The summed E-state index contributed by atoms with van der Waals surface area (Å²) in [6.07, 6.45) is 2.45. The fourth-order valence-corrected chi connectivity index (χ4v) is 2.71. The molecule has 0 aliphatic heterocycles. The van der Waals surface area contributed by atoms with Gasteiger partial charge < -0.3 is 9.15 Å². The molecule has 1 N–H and O–H groups in total. The zero-order valence-corrected chi connectivity index (χ0v) is 15.9. The molecule has 1 amide bonds. The van der Waals surface area contributed by atoms with Gasteiger partial charge in [-0.05, 0) is 43.5 Å². The Bertz CT molecular complexity index is 1050. The first-order valence-electron chi connectivity index (χ1n) is 9.07. The maximum atomic E-state index is 11.8. The second-order valence-electron chi connectivity index (χ2n) is 6.56. The molecule has 1 heterocycles. The fraction of sp³-hybridized carbons (Fsp3) is 0.227. The number of nitrogens with zero attached hydrogens (tertiary/aromatic N) is 1. The molecule has 0 atom stereocenters. The second kappa shape index (κ2) is 8.99. The minimum absolute atomic E-state index is 0.174. The van der Waals surface area contributed by atoms with Crippen LogP contribution in [0.5, 0.6) is 5.75 Å². The quantitative estimate of drug-likeness (QED) is 0.294. The highest BCUT2D eigenvalue weighted by Crippen LogP contribution is 2.22. The van der Waals surface area contributed by atoms with Crippen molar-refractivity contribution < 1.29 is 13.9 Å². The van der Waals surface area contributed by atoms with Gasteiger partial charge in [-0.25, -0.2) is 10.2 Å². The van der Waals surface area contributed by atoms with Gasteiger partial charge in [-0.3, -0.25) is 4.79 Å². The van der Waals surface area contributed by atoms with Crippen LogP contribution >= 0.6 is 0 Å². The van der Waals surface area contributed by atoms with Gasteiger partial charge in [0.25, 0.3) is 0 Å². The van der Waals surface area contributed by atoms with Crippen LogP contribution in [0.1, 0.15) is 29.5 Å². The maximum absolute atomic E-state index is 11.8. The van der Waals surface area contributed by atoms with Crippen molar-refractivity contribution in [2.75, 3.05) is 6.61 Å². The third-order valence-electron chi connectivity index (χ3n) is 4.22. The van der Waals surface area contributed by atoms with Crippen molar-refractivity contribution in [2.24, 2.45) is 5.10 Å². The molecule has 6 nitrogen and oxygen atoms in total. The molecular weight excluding hydrogens is 356 g/mol. The fourth-order valence-electron chi connectivity index (χ4n) is 2.71. The molecule has 0 aliphatic rings. The number of rotatable bonds is 7. The number of nitrogens with one attached hydrogen (secondary N) is 1. The molecule has 3 rings (SSSR count). The molecule has 0 aliphatic carbocycles. The van der Waals surface area contributed by atoms with Crippen molar-refractivity contribution in [3.63, 3.8) is 0 Å². The van der Waals surface area contributed by atoms with E-state index in [1.165, 1.54) is 11.6 Å². The minimum Gasteiger partial charge on any atom is -0.493 e. The Morgan fingerprint density at radius 2 is 1.93 bits per heavy atom. The average Bonchev–Trinajstić information content (AvgIpc) is 2.66. The zero-order chi connectivity index (χ0) is 19.9. The van der Waals surface area contributed by atoms with Gasteiger partial charge in [0.2, 0.25) is 5.91 Å². The number of hydrazone groups is 1. The van der Waals surface area contributed by atoms with Gasteiger partial charge in [-0.15, -0.1) is 0 Å². The Morgan fingerprint density at radius 3 is 2.71 bits per heavy atom. The lowest BCUT2D eigenvalue weighted by atomic mass is 10.1. The van der Waals surface area contributed by atoms with Gasteiger partial charge in [0.1, 0.15) is 11.3 Å². The van der Waals surface area contributed by atoms with Gasteiger partial charge in [-0.1, -0.05) is 29.8 Å². The van der Waals surface area contributed by atoms with Crippen LogP contribution in [0.15, 0.2) is 62.8 Å². The molecule has 0 spiro atoms. The van der Waals surface area contributed by atoms with E-state index in [0.717, 1.165) is 16.5 Å². The van der Waals surface area contributed by atoms with Crippen LogP contribution in [0, 0.1) is 13.8 Å². The first-order chi connectivity index (χ1) is 13.5. The third kappa shape index (κ3) is 5.30. The molecule has 2 aromatic carbocycles. The van der Waals surface area contributed by atoms with Gasteiger partial charge >= 0.3 is 5.63 Å². The summed E-state index contributed by atoms with van der Waals surface area (Å²) in [6, 6.07) is 14.7. The Kier molecular flexibility index (Phi) is 6.22. The van der Waals surface area contributed by atoms with E-state index in [1.807, 2.05) is 50.2 Å². The first kappa shape index (κ1) is 19.4. The van der Waals surface area contributed by atoms with Crippen LogP contribution in [0.25, 0.3) is 11.0 Å². The number of hydrogen-bond acceptors (Lipinski definition) is 5. The molecule has 0 saturated heterocycles. The number of carbonyl (C=O) groups excluding carboxylic acids is 1. The molecule has 6 heteroatoms. The van der Waals surface area contributed by atoms with Crippen LogP contribution in [-0.4, -0.2) is 18.7 Å². The molecule has 1 aromatic heterocycles. The highest BCUT2D eigenvalue weighted by molar-refractivity contribution is 5.82. The third-order valence-corrected chi connectivity index (χ3v) is 4.22. The number of amides is 1. The van der Waals surface area contributed by atoms with Crippen LogP contribution in [-0.2, 0) is 4.79 Å². The lowest BCUT2D eigenvalue weighted by Gasteiger charge is -2.07. The lowest BCUT2D eigenvalue weighted by molar-refractivity contribution is -0.121. The molecule has 0 saturated carbocycles. The Labute approximate surface area is 162 Å². The van der Waals surface area contributed by atoms with Gasteiger partial charge in [0, 0.05) is 23.9 Å². The van der Waals surface area contributed by atoms with E-state index in [-0.39, 0.29) is 11.5 Å². The van der Waals surface area contributed by atoms with E-state index >= 15 is 0 Å². The van der Waals surface area contributed by atoms with Gasteiger partial charge in [-0.2, -0.15) is 5.10 Å². The summed E-state index contributed by atoms with van der Waals surface area (Å²) in [5, 5.41) is 4.82. The highest BCUT2D eigenvalue weighted by Gasteiger charge is 2.05. The normalized spacial score (nSPS) is 11.1. The summed E-state index contributed by atoms with van der Waals surface area (Å²) in [5.41, 5.74) is 5.57.